The second-order valence-electron chi connectivity index (χ2n) is 2.72. The van der Waals surface area contributed by atoms with Crippen molar-refractivity contribution in [2.24, 2.45) is 0 Å². The van der Waals surface area contributed by atoms with Gasteiger partial charge in [-0.2, -0.15) is 4.39 Å². The largest absolute Gasteiger partial charge is 0.505 e. The lowest BCUT2D eigenvalue weighted by Gasteiger charge is -2.00. The van der Waals surface area contributed by atoms with E-state index in [2.05, 4.69) is 0 Å². The average Bonchev–Trinajstić information content (AvgIpc) is 2.18. The number of aliphatic hydroxyl groups is 1. The molecule has 76 valence electrons. The molecular weight excluding hydrogens is 190 g/mol. The van der Waals surface area contributed by atoms with E-state index < -0.39 is 17.4 Å². The molecule has 0 saturated carbocycles. The third-order valence-electron chi connectivity index (χ3n) is 1.68. The lowest BCUT2D eigenvalue weighted by atomic mass is 10.1. The van der Waals surface area contributed by atoms with E-state index in [1.54, 1.807) is 0 Å². The van der Waals surface area contributed by atoms with E-state index in [0.717, 1.165) is 6.07 Å². The van der Waals surface area contributed by atoms with Gasteiger partial charge in [-0.15, -0.1) is 0 Å². The molecule has 0 saturated heterocycles. The second kappa shape index (κ2) is 4.72. The van der Waals surface area contributed by atoms with Gasteiger partial charge in [0.1, 0.15) is 0 Å². The zero-order valence-corrected chi connectivity index (χ0v) is 7.37. The van der Waals surface area contributed by atoms with Crippen LogP contribution in [-0.4, -0.2) is 16.8 Å². The molecular formula is C10H10F2O2. The van der Waals surface area contributed by atoms with Crippen LogP contribution in [0.15, 0.2) is 18.2 Å². The molecule has 1 aromatic carbocycles. The number of hydrogen-bond acceptors (Lipinski definition) is 2. The summed E-state index contributed by atoms with van der Waals surface area (Å²) in [5.74, 6) is -3.04. The van der Waals surface area contributed by atoms with Gasteiger partial charge in [0.05, 0.1) is 0 Å². The lowest BCUT2D eigenvalue weighted by molar-refractivity contribution is 0.303. The molecule has 0 spiro atoms. The van der Waals surface area contributed by atoms with Gasteiger partial charge in [0, 0.05) is 12.2 Å². The molecule has 0 radical (unpaired) electrons. The molecule has 1 aromatic rings. The molecule has 0 heterocycles. The molecule has 0 atom stereocenters. The molecule has 0 aliphatic heterocycles. The molecule has 0 unspecified atom stereocenters. The predicted molar refractivity (Wildman–Crippen MR) is 48.8 cm³/mol. The number of aromatic hydroxyl groups is 1. The summed E-state index contributed by atoms with van der Waals surface area (Å²) in [7, 11) is 0. The summed E-state index contributed by atoms with van der Waals surface area (Å²) in [4.78, 5) is 0. The first-order valence-electron chi connectivity index (χ1n) is 4.11. The fourth-order valence-electron chi connectivity index (χ4n) is 0.968. The van der Waals surface area contributed by atoms with Crippen molar-refractivity contribution in [3.8, 4) is 5.75 Å². The van der Waals surface area contributed by atoms with Crippen LogP contribution in [0.2, 0.25) is 0 Å². The third-order valence-corrected chi connectivity index (χ3v) is 1.68. The molecule has 0 fully saturated rings. The number of aliphatic hydroxyl groups excluding tert-OH is 1. The molecule has 0 aromatic heterocycles. The van der Waals surface area contributed by atoms with Crippen LogP contribution in [0, 0.1) is 11.6 Å². The van der Waals surface area contributed by atoms with Gasteiger partial charge in [-0.1, -0.05) is 12.2 Å². The zero-order valence-electron chi connectivity index (χ0n) is 7.37. The molecule has 4 heteroatoms. The molecule has 2 nitrogen and oxygen atoms in total. The van der Waals surface area contributed by atoms with E-state index in [-0.39, 0.29) is 12.2 Å². The van der Waals surface area contributed by atoms with Gasteiger partial charge in [-0.3, -0.25) is 0 Å². The lowest BCUT2D eigenvalue weighted by Crippen LogP contribution is -1.89. The Balaban J connectivity index is 2.94. The van der Waals surface area contributed by atoms with Crippen molar-refractivity contribution in [3.05, 3.63) is 35.4 Å². The highest BCUT2D eigenvalue weighted by Gasteiger charge is 2.10. The first-order chi connectivity index (χ1) is 6.66. The van der Waals surface area contributed by atoms with Crippen LogP contribution in [0.25, 0.3) is 6.08 Å². The highest BCUT2D eigenvalue weighted by atomic mass is 19.2. The van der Waals surface area contributed by atoms with Crippen LogP contribution < -0.4 is 0 Å². The number of hydrogen-bond donors (Lipinski definition) is 2. The van der Waals surface area contributed by atoms with Gasteiger partial charge < -0.3 is 10.2 Å². The minimum atomic E-state index is -1.25. The fourth-order valence-corrected chi connectivity index (χ4v) is 0.968. The van der Waals surface area contributed by atoms with Gasteiger partial charge in [-0.05, 0) is 18.6 Å². The maximum absolute atomic E-state index is 13.0. The van der Waals surface area contributed by atoms with E-state index >= 15 is 0 Å². The second-order valence-corrected chi connectivity index (χ2v) is 2.72. The molecule has 14 heavy (non-hydrogen) atoms. The molecule has 0 amide bonds. The Hall–Kier alpha value is -1.42. The Kier molecular flexibility index (Phi) is 3.59. The van der Waals surface area contributed by atoms with E-state index in [4.69, 9.17) is 10.2 Å². The fraction of sp³-hybridized carbons (Fsp3) is 0.200. The number of benzene rings is 1. The summed E-state index contributed by atoms with van der Waals surface area (Å²) in [5, 5.41) is 17.3. The molecule has 0 aliphatic rings. The van der Waals surface area contributed by atoms with Crippen molar-refractivity contribution < 1.29 is 19.0 Å². The van der Waals surface area contributed by atoms with E-state index in [0.29, 0.717) is 6.42 Å². The van der Waals surface area contributed by atoms with Crippen molar-refractivity contribution in [3.63, 3.8) is 0 Å². The minimum absolute atomic E-state index is 0.0430. The number of rotatable bonds is 3. The first kappa shape index (κ1) is 10.7. The first-order valence-corrected chi connectivity index (χ1v) is 4.11. The van der Waals surface area contributed by atoms with Gasteiger partial charge in [0.25, 0.3) is 0 Å². The highest BCUT2D eigenvalue weighted by molar-refractivity contribution is 5.51. The van der Waals surface area contributed by atoms with Crippen LogP contribution in [0.3, 0.4) is 0 Å². The maximum Gasteiger partial charge on any atom is 0.200 e. The summed E-state index contributed by atoms with van der Waals surface area (Å²) in [6.45, 7) is -0.0430. The molecule has 2 N–H and O–H groups in total. The monoisotopic (exact) mass is 200 g/mol. The standard InChI is InChI=1S/C10H10F2O2/c11-9-7(3-1-2-6-13)4-5-8(14)10(9)12/h1,3-5,13-14H,2,6H2. The molecule has 0 aliphatic carbocycles. The van der Waals surface area contributed by atoms with Gasteiger partial charge in [-0.25, -0.2) is 4.39 Å². The van der Waals surface area contributed by atoms with Gasteiger partial charge >= 0.3 is 0 Å². The summed E-state index contributed by atoms with van der Waals surface area (Å²) in [6, 6.07) is 2.35. The summed E-state index contributed by atoms with van der Waals surface area (Å²) >= 11 is 0. The Labute approximate surface area is 80.1 Å². The normalized spacial score (nSPS) is 11.1. The van der Waals surface area contributed by atoms with E-state index in [1.807, 2.05) is 0 Å². The van der Waals surface area contributed by atoms with Crippen molar-refractivity contribution in [2.75, 3.05) is 6.61 Å². The van der Waals surface area contributed by atoms with Crippen LogP contribution in [0.5, 0.6) is 5.75 Å². The molecule has 0 bridgehead atoms. The Bertz CT molecular complexity index is 348. The predicted octanol–water partition coefficient (Wildman–Crippen LogP) is 2.07. The SMILES string of the molecule is OCCC=Cc1ccc(O)c(F)c1F. The number of halogens is 2. The van der Waals surface area contributed by atoms with Crippen molar-refractivity contribution in [1.82, 2.24) is 0 Å². The molecule has 1 rings (SSSR count). The van der Waals surface area contributed by atoms with Crippen molar-refractivity contribution >= 4 is 6.08 Å². The van der Waals surface area contributed by atoms with E-state index in [1.165, 1.54) is 18.2 Å². The van der Waals surface area contributed by atoms with Crippen molar-refractivity contribution in [1.29, 1.82) is 0 Å². The maximum atomic E-state index is 13.0. The number of phenols is 1. The average molecular weight is 200 g/mol. The third kappa shape index (κ3) is 2.29. The van der Waals surface area contributed by atoms with Crippen LogP contribution in [0.4, 0.5) is 8.78 Å². The Morgan fingerprint density at radius 3 is 2.57 bits per heavy atom. The quantitative estimate of drug-likeness (QED) is 0.784. The Morgan fingerprint density at radius 2 is 1.93 bits per heavy atom. The summed E-state index contributed by atoms with van der Waals surface area (Å²) < 4.78 is 25.8. The van der Waals surface area contributed by atoms with Crippen LogP contribution in [-0.2, 0) is 0 Å². The van der Waals surface area contributed by atoms with Gasteiger partial charge in [0.2, 0.25) is 5.82 Å². The summed E-state index contributed by atoms with van der Waals surface area (Å²) in [6.07, 6.45) is 3.25. The van der Waals surface area contributed by atoms with Crippen LogP contribution >= 0.6 is 0 Å². The summed E-state index contributed by atoms with van der Waals surface area (Å²) in [5.41, 5.74) is 0.0498. The zero-order chi connectivity index (χ0) is 10.6. The topological polar surface area (TPSA) is 40.5 Å². The Morgan fingerprint density at radius 1 is 1.21 bits per heavy atom. The minimum Gasteiger partial charge on any atom is -0.505 e. The van der Waals surface area contributed by atoms with Crippen LogP contribution in [0.1, 0.15) is 12.0 Å². The van der Waals surface area contributed by atoms with E-state index in [9.17, 15) is 8.78 Å². The highest BCUT2D eigenvalue weighted by Crippen LogP contribution is 2.21. The smallest absolute Gasteiger partial charge is 0.200 e. The van der Waals surface area contributed by atoms with Crippen molar-refractivity contribution in [2.45, 2.75) is 6.42 Å². The number of phenolic OH excluding ortho intramolecular Hbond substituents is 1. The van der Waals surface area contributed by atoms with Gasteiger partial charge in [0.15, 0.2) is 11.6 Å².